The minimum absolute atomic E-state index is 0.0300. The molecule has 2 unspecified atom stereocenters. The molecule has 0 spiro atoms. The van der Waals surface area contributed by atoms with Crippen LogP contribution in [0.2, 0.25) is 0 Å². The molecule has 3 heterocycles. The van der Waals surface area contributed by atoms with E-state index in [0.29, 0.717) is 5.92 Å². The Bertz CT molecular complexity index is 488. The predicted molar refractivity (Wildman–Crippen MR) is 61.0 cm³/mol. The summed E-state index contributed by atoms with van der Waals surface area (Å²) in [5.74, 6) is 0.424. The maximum absolute atomic E-state index is 6.28. The first-order chi connectivity index (χ1) is 7.86. The third-order valence-electron chi connectivity index (χ3n) is 3.29. The Balaban J connectivity index is 1.98. The van der Waals surface area contributed by atoms with E-state index in [4.69, 9.17) is 10.5 Å². The highest BCUT2D eigenvalue weighted by molar-refractivity contribution is 5.54. The summed E-state index contributed by atoms with van der Waals surface area (Å²) in [5, 5.41) is 4.31. The minimum Gasteiger partial charge on any atom is -0.381 e. The molecular formula is C12H15N3O. The summed E-state index contributed by atoms with van der Waals surface area (Å²) in [5.41, 5.74) is 8.50. The second kappa shape index (κ2) is 3.88. The van der Waals surface area contributed by atoms with Crippen molar-refractivity contribution in [3.63, 3.8) is 0 Å². The van der Waals surface area contributed by atoms with Crippen molar-refractivity contribution >= 4 is 5.52 Å². The average Bonchev–Trinajstić information content (AvgIpc) is 2.98. The standard InChI is InChI=1S/C12H15N3O/c13-12(9-4-6-16-8-9)10-7-14-15-5-2-1-3-11(10)15/h1-3,5,7,9,12H,4,6,8,13H2. The molecule has 2 aromatic rings. The summed E-state index contributed by atoms with van der Waals surface area (Å²) in [4.78, 5) is 0. The van der Waals surface area contributed by atoms with Gasteiger partial charge in [0.25, 0.3) is 0 Å². The first-order valence-electron chi connectivity index (χ1n) is 5.62. The van der Waals surface area contributed by atoms with Crippen molar-refractivity contribution < 1.29 is 4.74 Å². The smallest absolute Gasteiger partial charge is 0.0709 e. The van der Waals surface area contributed by atoms with Gasteiger partial charge in [-0.05, 0) is 18.6 Å². The molecule has 2 atom stereocenters. The van der Waals surface area contributed by atoms with Crippen LogP contribution in [0.15, 0.2) is 30.6 Å². The molecule has 3 rings (SSSR count). The first-order valence-corrected chi connectivity index (χ1v) is 5.62. The number of pyridine rings is 1. The highest BCUT2D eigenvalue weighted by Crippen LogP contribution is 2.28. The Morgan fingerprint density at radius 1 is 1.50 bits per heavy atom. The van der Waals surface area contributed by atoms with Crippen LogP contribution >= 0.6 is 0 Å². The van der Waals surface area contributed by atoms with Crippen LogP contribution in [0.1, 0.15) is 18.0 Å². The summed E-state index contributed by atoms with van der Waals surface area (Å²) < 4.78 is 7.25. The van der Waals surface area contributed by atoms with Gasteiger partial charge in [0.05, 0.1) is 18.3 Å². The Kier molecular flexibility index (Phi) is 2.38. The van der Waals surface area contributed by atoms with Gasteiger partial charge in [-0.25, -0.2) is 4.52 Å². The highest BCUT2D eigenvalue weighted by atomic mass is 16.5. The molecular weight excluding hydrogens is 202 g/mol. The van der Waals surface area contributed by atoms with E-state index in [9.17, 15) is 0 Å². The molecule has 4 heteroatoms. The third-order valence-corrected chi connectivity index (χ3v) is 3.29. The first kappa shape index (κ1) is 9.81. The van der Waals surface area contributed by atoms with E-state index in [-0.39, 0.29) is 6.04 Å². The van der Waals surface area contributed by atoms with E-state index in [1.54, 1.807) is 0 Å². The molecule has 1 saturated heterocycles. The molecule has 0 radical (unpaired) electrons. The van der Waals surface area contributed by atoms with Gasteiger partial charge in [-0.3, -0.25) is 0 Å². The summed E-state index contributed by atoms with van der Waals surface area (Å²) >= 11 is 0. The highest BCUT2D eigenvalue weighted by Gasteiger charge is 2.25. The van der Waals surface area contributed by atoms with Crippen LogP contribution < -0.4 is 5.73 Å². The molecule has 2 N–H and O–H groups in total. The molecule has 0 aliphatic carbocycles. The van der Waals surface area contributed by atoms with Crippen LogP contribution in [0.4, 0.5) is 0 Å². The maximum Gasteiger partial charge on any atom is 0.0709 e. The van der Waals surface area contributed by atoms with Crippen molar-refractivity contribution in [2.75, 3.05) is 13.2 Å². The topological polar surface area (TPSA) is 52.5 Å². The molecule has 16 heavy (non-hydrogen) atoms. The van der Waals surface area contributed by atoms with E-state index >= 15 is 0 Å². The molecule has 1 aliphatic rings. The minimum atomic E-state index is 0.0300. The van der Waals surface area contributed by atoms with Gasteiger partial charge in [-0.2, -0.15) is 5.10 Å². The van der Waals surface area contributed by atoms with Gasteiger partial charge in [0, 0.05) is 30.3 Å². The van der Waals surface area contributed by atoms with E-state index < -0.39 is 0 Å². The fourth-order valence-electron chi connectivity index (χ4n) is 2.30. The molecule has 84 valence electrons. The van der Waals surface area contributed by atoms with Crippen molar-refractivity contribution in [2.45, 2.75) is 12.5 Å². The molecule has 0 bridgehead atoms. The molecule has 0 aromatic carbocycles. The molecule has 0 amide bonds. The van der Waals surface area contributed by atoms with E-state index in [0.717, 1.165) is 30.7 Å². The monoisotopic (exact) mass is 217 g/mol. The number of fused-ring (bicyclic) bond motifs is 1. The SMILES string of the molecule is NC(c1cnn2ccccc12)C1CCOC1. The molecule has 1 aliphatic heterocycles. The van der Waals surface area contributed by atoms with Gasteiger partial charge in [0.15, 0.2) is 0 Å². The summed E-state index contributed by atoms with van der Waals surface area (Å²) in [6.45, 7) is 1.60. The van der Waals surface area contributed by atoms with Crippen LogP contribution in [0, 0.1) is 5.92 Å². The number of aromatic nitrogens is 2. The van der Waals surface area contributed by atoms with Crippen molar-refractivity contribution in [3.05, 3.63) is 36.2 Å². The summed E-state index contributed by atoms with van der Waals surface area (Å²) in [6, 6.07) is 6.06. The lowest BCUT2D eigenvalue weighted by atomic mass is 9.94. The summed E-state index contributed by atoms with van der Waals surface area (Å²) in [7, 11) is 0. The fraction of sp³-hybridized carbons (Fsp3) is 0.417. The summed E-state index contributed by atoms with van der Waals surface area (Å²) in [6.07, 6.45) is 4.86. The average molecular weight is 217 g/mol. The van der Waals surface area contributed by atoms with Crippen molar-refractivity contribution in [3.8, 4) is 0 Å². The zero-order chi connectivity index (χ0) is 11.0. The second-order valence-corrected chi connectivity index (χ2v) is 4.28. The van der Waals surface area contributed by atoms with Crippen molar-refractivity contribution in [1.82, 2.24) is 9.61 Å². The number of ether oxygens (including phenoxy) is 1. The lowest BCUT2D eigenvalue weighted by molar-refractivity contribution is 0.181. The molecule has 2 aromatic heterocycles. The molecule has 1 fully saturated rings. The predicted octanol–water partition coefficient (Wildman–Crippen LogP) is 1.37. The molecule has 4 nitrogen and oxygen atoms in total. The number of rotatable bonds is 2. The van der Waals surface area contributed by atoms with Gasteiger partial charge < -0.3 is 10.5 Å². The van der Waals surface area contributed by atoms with Crippen LogP contribution in [-0.2, 0) is 4.74 Å². The Morgan fingerprint density at radius 3 is 3.25 bits per heavy atom. The lowest BCUT2D eigenvalue weighted by Gasteiger charge is -2.16. The fourth-order valence-corrected chi connectivity index (χ4v) is 2.30. The van der Waals surface area contributed by atoms with Crippen molar-refractivity contribution in [1.29, 1.82) is 0 Å². The Hall–Kier alpha value is -1.39. The zero-order valence-electron chi connectivity index (χ0n) is 9.04. The molecule has 0 saturated carbocycles. The number of hydrogen-bond acceptors (Lipinski definition) is 3. The Morgan fingerprint density at radius 2 is 2.44 bits per heavy atom. The van der Waals surface area contributed by atoms with E-state index in [2.05, 4.69) is 11.2 Å². The van der Waals surface area contributed by atoms with Gasteiger partial charge in [0.2, 0.25) is 0 Å². The Labute approximate surface area is 94.0 Å². The van der Waals surface area contributed by atoms with Gasteiger partial charge >= 0.3 is 0 Å². The number of nitrogens with two attached hydrogens (primary N) is 1. The van der Waals surface area contributed by atoms with Crippen LogP contribution in [0.25, 0.3) is 5.52 Å². The van der Waals surface area contributed by atoms with E-state index in [1.165, 1.54) is 0 Å². The lowest BCUT2D eigenvalue weighted by Crippen LogP contribution is -2.21. The van der Waals surface area contributed by atoms with Gasteiger partial charge in [-0.15, -0.1) is 0 Å². The van der Waals surface area contributed by atoms with Crippen molar-refractivity contribution in [2.24, 2.45) is 11.7 Å². The van der Waals surface area contributed by atoms with Crippen LogP contribution in [0.5, 0.6) is 0 Å². The zero-order valence-corrected chi connectivity index (χ0v) is 9.04. The van der Waals surface area contributed by atoms with Gasteiger partial charge in [0.1, 0.15) is 0 Å². The van der Waals surface area contributed by atoms with E-state index in [1.807, 2.05) is 29.0 Å². The van der Waals surface area contributed by atoms with Crippen LogP contribution in [0.3, 0.4) is 0 Å². The van der Waals surface area contributed by atoms with Gasteiger partial charge in [-0.1, -0.05) is 6.07 Å². The quantitative estimate of drug-likeness (QED) is 0.826. The normalized spacial score (nSPS) is 22.7. The second-order valence-electron chi connectivity index (χ2n) is 4.28. The maximum atomic E-state index is 6.28. The number of hydrogen-bond donors (Lipinski definition) is 1. The largest absolute Gasteiger partial charge is 0.381 e. The number of nitrogens with zero attached hydrogens (tertiary/aromatic N) is 2. The third kappa shape index (κ3) is 1.50. The van der Waals surface area contributed by atoms with Crippen LogP contribution in [-0.4, -0.2) is 22.8 Å².